The molecule has 2 N–H and O–H groups in total. The molecule has 112 valence electrons. The fourth-order valence-electron chi connectivity index (χ4n) is 3.95. The summed E-state index contributed by atoms with van der Waals surface area (Å²) in [6.45, 7) is 7.63. The van der Waals surface area contributed by atoms with Gasteiger partial charge in [-0.15, -0.1) is 0 Å². The Labute approximate surface area is 131 Å². The van der Waals surface area contributed by atoms with Crippen LogP contribution in [0.2, 0.25) is 0 Å². The molecule has 22 heavy (non-hydrogen) atoms. The average Bonchev–Trinajstić information content (AvgIpc) is 2.86. The van der Waals surface area contributed by atoms with Crippen molar-refractivity contribution in [2.45, 2.75) is 33.2 Å². The third-order valence-electron chi connectivity index (χ3n) is 4.89. The molecule has 0 bridgehead atoms. The number of benzene rings is 2. The van der Waals surface area contributed by atoms with Crippen molar-refractivity contribution < 1.29 is 0 Å². The van der Waals surface area contributed by atoms with E-state index >= 15 is 0 Å². The van der Waals surface area contributed by atoms with Crippen molar-refractivity contribution in [1.29, 1.82) is 0 Å². The first kappa shape index (κ1) is 13.6. The standard InChI is InChI=1S/C20H22N2/c1-12-10-14(3)18-16-8-9-21-19(20(16)22-17(18)11-12)15-7-5-4-6-13(15)2/h4-7,10-11,19,21-22H,8-9H2,1-3H3. The van der Waals surface area contributed by atoms with E-state index in [1.54, 1.807) is 0 Å². The van der Waals surface area contributed by atoms with Crippen LogP contribution >= 0.6 is 0 Å². The lowest BCUT2D eigenvalue weighted by Crippen LogP contribution is -2.30. The van der Waals surface area contributed by atoms with Crippen LogP contribution in [-0.2, 0) is 6.42 Å². The van der Waals surface area contributed by atoms with Crippen molar-refractivity contribution in [3.8, 4) is 0 Å². The maximum atomic E-state index is 3.71. The van der Waals surface area contributed by atoms with Gasteiger partial charge in [0.05, 0.1) is 6.04 Å². The highest BCUT2D eigenvalue weighted by atomic mass is 15.0. The monoisotopic (exact) mass is 290 g/mol. The van der Waals surface area contributed by atoms with Crippen molar-refractivity contribution in [1.82, 2.24) is 10.3 Å². The Morgan fingerprint density at radius 3 is 2.64 bits per heavy atom. The minimum absolute atomic E-state index is 0.275. The van der Waals surface area contributed by atoms with Gasteiger partial charge in [0, 0.05) is 23.1 Å². The van der Waals surface area contributed by atoms with Crippen molar-refractivity contribution in [3.63, 3.8) is 0 Å². The predicted molar refractivity (Wildman–Crippen MR) is 92.5 cm³/mol. The second kappa shape index (κ2) is 4.99. The Kier molecular flexibility index (Phi) is 3.08. The second-order valence-corrected chi connectivity index (χ2v) is 6.52. The molecule has 1 unspecified atom stereocenters. The summed E-state index contributed by atoms with van der Waals surface area (Å²) in [7, 11) is 0. The molecule has 1 atom stereocenters. The molecule has 0 aliphatic carbocycles. The van der Waals surface area contributed by atoms with Gasteiger partial charge in [0.15, 0.2) is 0 Å². The lowest BCUT2D eigenvalue weighted by molar-refractivity contribution is 0.558. The van der Waals surface area contributed by atoms with E-state index in [0.29, 0.717) is 0 Å². The van der Waals surface area contributed by atoms with E-state index in [0.717, 1.165) is 13.0 Å². The lowest BCUT2D eigenvalue weighted by atomic mass is 9.91. The van der Waals surface area contributed by atoms with Crippen LogP contribution in [0.3, 0.4) is 0 Å². The number of fused-ring (bicyclic) bond motifs is 3. The van der Waals surface area contributed by atoms with Crippen LogP contribution in [0, 0.1) is 20.8 Å². The van der Waals surface area contributed by atoms with Gasteiger partial charge in [-0.2, -0.15) is 0 Å². The van der Waals surface area contributed by atoms with Crippen molar-refractivity contribution in [2.24, 2.45) is 0 Å². The minimum atomic E-state index is 0.275. The number of hydrogen-bond acceptors (Lipinski definition) is 1. The van der Waals surface area contributed by atoms with Gasteiger partial charge >= 0.3 is 0 Å². The molecule has 2 heteroatoms. The fourth-order valence-corrected chi connectivity index (χ4v) is 3.95. The van der Waals surface area contributed by atoms with Gasteiger partial charge in [0.2, 0.25) is 0 Å². The molecule has 4 rings (SSSR count). The van der Waals surface area contributed by atoms with Gasteiger partial charge in [0.25, 0.3) is 0 Å². The minimum Gasteiger partial charge on any atom is -0.357 e. The number of rotatable bonds is 1. The number of aryl methyl sites for hydroxylation is 3. The Morgan fingerprint density at radius 2 is 1.82 bits per heavy atom. The summed E-state index contributed by atoms with van der Waals surface area (Å²) in [5.74, 6) is 0. The third kappa shape index (κ3) is 1.98. The summed E-state index contributed by atoms with van der Waals surface area (Å²) >= 11 is 0. The van der Waals surface area contributed by atoms with E-state index in [4.69, 9.17) is 0 Å². The van der Waals surface area contributed by atoms with Crippen molar-refractivity contribution in [2.75, 3.05) is 6.54 Å². The molecule has 0 saturated heterocycles. The number of H-pyrrole nitrogens is 1. The molecule has 0 amide bonds. The second-order valence-electron chi connectivity index (χ2n) is 6.52. The molecule has 1 aliphatic heterocycles. The molecule has 0 spiro atoms. The Hall–Kier alpha value is -2.06. The highest BCUT2D eigenvalue weighted by Crippen LogP contribution is 2.36. The van der Waals surface area contributed by atoms with Crippen LogP contribution in [-0.4, -0.2) is 11.5 Å². The zero-order chi connectivity index (χ0) is 15.3. The number of nitrogens with one attached hydrogen (secondary N) is 2. The van der Waals surface area contributed by atoms with Crippen LogP contribution in [0.25, 0.3) is 10.9 Å². The summed E-state index contributed by atoms with van der Waals surface area (Å²) in [4.78, 5) is 3.71. The van der Waals surface area contributed by atoms with E-state index in [1.807, 2.05) is 0 Å². The topological polar surface area (TPSA) is 27.8 Å². The fraction of sp³-hybridized carbons (Fsp3) is 0.300. The molecule has 1 aromatic heterocycles. The number of hydrogen-bond donors (Lipinski definition) is 2. The first-order valence-corrected chi connectivity index (χ1v) is 8.06. The van der Waals surface area contributed by atoms with E-state index in [1.165, 1.54) is 44.4 Å². The van der Waals surface area contributed by atoms with Crippen molar-refractivity contribution in [3.05, 3.63) is 69.9 Å². The van der Waals surface area contributed by atoms with Crippen LogP contribution in [0.1, 0.15) is 39.6 Å². The zero-order valence-electron chi connectivity index (χ0n) is 13.5. The molecule has 3 aromatic rings. The highest BCUT2D eigenvalue weighted by molar-refractivity contribution is 5.89. The maximum Gasteiger partial charge on any atom is 0.0734 e. The normalized spacial score (nSPS) is 17.7. The first-order valence-electron chi connectivity index (χ1n) is 8.06. The summed E-state index contributed by atoms with van der Waals surface area (Å²) in [5.41, 5.74) is 9.57. The van der Waals surface area contributed by atoms with E-state index < -0.39 is 0 Å². The number of aromatic nitrogens is 1. The van der Waals surface area contributed by atoms with E-state index in [9.17, 15) is 0 Å². The first-order chi connectivity index (χ1) is 10.6. The van der Waals surface area contributed by atoms with Crippen LogP contribution in [0.5, 0.6) is 0 Å². The Bertz CT molecular complexity index is 858. The van der Waals surface area contributed by atoms with Crippen LogP contribution in [0.4, 0.5) is 0 Å². The van der Waals surface area contributed by atoms with E-state index in [2.05, 4.69) is 67.5 Å². The van der Waals surface area contributed by atoms with Gasteiger partial charge in [-0.3, -0.25) is 0 Å². The molecule has 2 aromatic carbocycles. The summed E-state index contributed by atoms with van der Waals surface area (Å²) in [6.07, 6.45) is 1.10. The lowest BCUT2D eigenvalue weighted by Gasteiger charge is -2.26. The molecular formula is C20H22N2. The van der Waals surface area contributed by atoms with Gasteiger partial charge in [0.1, 0.15) is 0 Å². The molecule has 1 aliphatic rings. The molecular weight excluding hydrogens is 268 g/mol. The SMILES string of the molecule is Cc1cc(C)c2c3c([nH]c2c1)C(c1ccccc1C)NCC3. The van der Waals surface area contributed by atoms with Crippen LogP contribution < -0.4 is 5.32 Å². The zero-order valence-corrected chi connectivity index (χ0v) is 13.5. The van der Waals surface area contributed by atoms with Gasteiger partial charge < -0.3 is 10.3 Å². The summed E-state index contributed by atoms with van der Waals surface area (Å²) < 4.78 is 0. The predicted octanol–water partition coefficient (Wildman–Crippen LogP) is 4.33. The summed E-state index contributed by atoms with van der Waals surface area (Å²) in [5, 5.41) is 5.13. The van der Waals surface area contributed by atoms with Gasteiger partial charge in [-0.05, 0) is 61.1 Å². The highest BCUT2D eigenvalue weighted by Gasteiger charge is 2.26. The molecule has 0 fully saturated rings. The molecule has 2 nitrogen and oxygen atoms in total. The molecule has 0 saturated carbocycles. The Morgan fingerprint density at radius 1 is 1.00 bits per heavy atom. The van der Waals surface area contributed by atoms with Crippen LogP contribution in [0.15, 0.2) is 36.4 Å². The quantitative estimate of drug-likeness (QED) is 0.686. The maximum absolute atomic E-state index is 3.71. The largest absolute Gasteiger partial charge is 0.357 e. The van der Waals surface area contributed by atoms with Crippen molar-refractivity contribution >= 4 is 10.9 Å². The average molecular weight is 290 g/mol. The van der Waals surface area contributed by atoms with Gasteiger partial charge in [-0.1, -0.05) is 30.3 Å². The van der Waals surface area contributed by atoms with E-state index in [-0.39, 0.29) is 6.04 Å². The number of aromatic amines is 1. The molecule has 0 radical (unpaired) electrons. The van der Waals surface area contributed by atoms with Gasteiger partial charge in [-0.25, -0.2) is 0 Å². The smallest absolute Gasteiger partial charge is 0.0734 e. The Balaban J connectivity index is 1.96. The third-order valence-corrected chi connectivity index (χ3v) is 4.89. The summed E-state index contributed by atoms with van der Waals surface area (Å²) in [6, 6.07) is 13.5. The molecule has 2 heterocycles.